The van der Waals surface area contributed by atoms with Gasteiger partial charge >= 0.3 is 0 Å². The van der Waals surface area contributed by atoms with Crippen LogP contribution in [0.1, 0.15) is 19.8 Å². The maximum atomic E-state index is 3.49. The molecule has 0 amide bonds. The normalized spacial score (nSPS) is 21.6. The lowest BCUT2D eigenvalue weighted by Gasteiger charge is -2.18. The van der Waals surface area contributed by atoms with E-state index in [1.807, 2.05) is 0 Å². The second-order valence-electron chi connectivity index (χ2n) is 3.43. The highest BCUT2D eigenvalue weighted by molar-refractivity contribution is 9.09. The van der Waals surface area contributed by atoms with Crippen LogP contribution in [0.15, 0.2) is 0 Å². The molecule has 1 unspecified atom stereocenters. The highest BCUT2D eigenvalue weighted by atomic mass is 79.9. The summed E-state index contributed by atoms with van der Waals surface area (Å²) in [6, 6.07) is 0.918. The predicted octanol–water partition coefficient (Wildman–Crippen LogP) is 2.11. The number of halogens is 1. The smallest absolute Gasteiger partial charge is 0.00934 e. The molecule has 10 heavy (non-hydrogen) atoms. The molecule has 0 spiro atoms. The third-order valence-electron chi connectivity index (χ3n) is 2.03. The van der Waals surface area contributed by atoms with E-state index in [0.717, 1.165) is 17.3 Å². The molecule has 1 aliphatic rings. The molecule has 0 aromatic rings. The van der Waals surface area contributed by atoms with Crippen molar-refractivity contribution >= 4 is 15.9 Å². The Kier molecular flexibility index (Phi) is 3.18. The van der Waals surface area contributed by atoms with Crippen molar-refractivity contribution in [2.24, 2.45) is 5.92 Å². The Morgan fingerprint density at radius 3 is 2.60 bits per heavy atom. The minimum atomic E-state index is 0.797. The quantitative estimate of drug-likeness (QED) is 0.637. The highest BCUT2D eigenvalue weighted by Crippen LogP contribution is 2.25. The summed E-state index contributed by atoms with van der Waals surface area (Å²) in [6.07, 6.45) is 2.84. The molecule has 1 aliphatic carbocycles. The van der Waals surface area contributed by atoms with Gasteiger partial charge in [-0.3, -0.25) is 0 Å². The minimum Gasteiger partial charge on any atom is -0.303 e. The van der Waals surface area contributed by atoms with Crippen LogP contribution >= 0.6 is 15.9 Å². The van der Waals surface area contributed by atoms with Crippen LogP contribution in [0.25, 0.3) is 0 Å². The Labute approximate surface area is 71.9 Å². The molecular weight excluding hydrogens is 190 g/mol. The number of hydrogen-bond acceptors (Lipinski definition) is 1. The summed E-state index contributed by atoms with van der Waals surface area (Å²) in [4.78, 5) is 2.48. The van der Waals surface area contributed by atoms with Crippen molar-refractivity contribution in [3.63, 3.8) is 0 Å². The van der Waals surface area contributed by atoms with Gasteiger partial charge in [-0.05, 0) is 25.8 Å². The Hall–Kier alpha value is 0.440. The Morgan fingerprint density at radius 2 is 2.20 bits per heavy atom. The van der Waals surface area contributed by atoms with E-state index in [9.17, 15) is 0 Å². The molecule has 1 nitrogen and oxygen atoms in total. The molecule has 0 aliphatic heterocycles. The zero-order valence-electron chi connectivity index (χ0n) is 6.81. The van der Waals surface area contributed by atoms with Crippen LogP contribution in [0.2, 0.25) is 0 Å². The van der Waals surface area contributed by atoms with Crippen LogP contribution in [0, 0.1) is 5.92 Å². The molecule has 1 rings (SSSR count). The summed E-state index contributed by atoms with van der Waals surface area (Å²) in [5.41, 5.74) is 0. The summed E-state index contributed by atoms with van der Waals surface area (Å²) < 4.78 is 0. The first-order chi connectivity index (χ1) is 4.74. The number of rotatable bonds is 4. The van der Waals surface area contributed by atoms with Gasteiger partial charge in [0.15, 0.2) is 0 Å². The standard InChI is InChI=1S/C8H16BrN/c1-7(5-9)6-10(2)8-3-4-8/h7-8H,3-6H2,1-2H3. The highest BCUT2D eigenvalue weighted by Gasteiger charge is 2.26. The maximum Gasteiger partial charge on any atom is 0.00934 e. The third-order valence-corrected chi connectivity index (χ3v) is 3.14. The average molecular weight is 206 g/mol. The summed E-state index contributed by atoms with van der Waals surface area (Å²) in [5, 5.41) is 1.13. The molecule has 0 bridgehead atoms. The molecule has 1 saturated carbocycles. The lowest BCUT2D eigenvalue weighted by Crippen LogP contribution is -2.26. The number of nitrogens with zero attached hydrogens (tertiary/aromatic N) is 1. The van der Waals surface area contributed by atoms with Crippen molar-refractivity contribution in [2.45, 2.75) is 25.8 Å². The monoisotopic (exact) mass is 205 g/mol. The van der Waals surface area contributed by atoms with Crippen LogP contribution < -0.4 is 0 Å². The summed E-state index contributed by atoms with van der Waals surface area (Å²) in [7, 11) is 2.23. The third kappa shape index (κ3) is 2.59. The molecule has 0 radical (unpaired) electrons. The minimum absolute atomic E-state index is 0.797. The molecular formula is C8H16BrN. The topological polar surface area (TPSA) is 3.24 Å². The van der Waals surface area contributed by atoms with E-state index in [2.05, 4.69) is 34.8 Å². The van der Waals surface area contributed by atoms with E-state index in [4.69, 9.17) is 0 Å². The van der Waals surface area contributed by atoms with Gasteiger partial charge in [0.25, 0.3) is 0 Å². The zero-order chi connectivity index (χ0) is 7.56. The average Bonchev–Trinajstić information content (AvgIpc) is 2.68. The van der Waals surface area contributed by atoms with Gasteiger partial charge in [0.1, 0.15) is 0 Å². The van der Waals surface area contributed by atoms with Crippen LogP contribution in [0.5, 0.6) is 0 Å². The Balaban J connectivity index is 2.10. The largest absolute Gasteiger partial charge is 0.303 e. The van der Waals surface area contributed by atoms with Crippen molar-refractivity contribution in [1.29, 1.82) is 0 Å². The number of alkyl halides is 1. The Morgan fingerprint density at radius 1 is 1.60 bits per heavy atom. The Bertz CT molecular complexity index is 101. The first kappa shape index (κ1) is 8.54. The molecule has 0 saturated heterocycles. The van der Waals surface area contributed by atoms with E-state index < -0.39 is 0 Å². The second-order valence-corrected chi connectivity index (χ2v) is 4.08. The van der Waals surface area contributed by atoms with Crippen molar-refractivity contribution in [1.82, 2.24) is 4.90 Å². The fourth-order valence-corrected chi connectivity index (χ4v) is 1.41. The molecule has 1 fully saturated rings. The van der Waals surface area contributed by atoms with E-state index in [1.165, 1.54) is 19.4 Å². The molecule has 1 atom stereocenters. The van der Waals surface area contributed by atoms with Gasteiger partial charge in [-0.1, -0.05) is 22.9 Å². The first-order valence-corrected chi connectivity index (χ1v) is 5.12. The fourth-order valence-electron chi connectivity index (χ4n) is 1.20. The molecule has 0 heterocycles. The van der Waals surface area contributed by atoms with Crippen LogP contribution in [0.3, 0.4) is 0 Å². The van der Waals surface area contributed by atoms with E-state index in [-0.39, 0.29) is 0 Å². The van der Waals surface area contributed by atoms with Gasteiger partial charge in [-0.2, -0.15) is 0 Å². The van der Waals surface area contributed by atoms with Crippen LogP contribution in [0.4, 0.5) is 0 Å². The van der Waals surface area contributed by atoms with E-state index in [0.29, 0.717) is 0 Å². The SMILES string of the molecule is CC(CBr)CN(C)C1CC1. The molecule has 0 aromatic heterocycles. The first-order valence-electron chi connectivity index (χ1n) is 4.00. The van der Waals surface area contributed by atoms with E-state index >= 15 is 0 Å². The molecule has 0 aromatic carbocycles. The van der Waals surface area contributed by atoms with Gasteiger partial charge in [-0.25, -0.2) is 0 Å². The van der Waals surface area contributed by atoms with Crippen molar-refractivity contribution < 1.29 is 0 Å². The van der Waals surface area contributed by atoms with Crippen LogP contribution in [-0.4, -0.2) is 29.9 Å². The second kappa shape index (κ2) is 3.72. The van der Waals surface area contributed by atoms with Crippen LogP contribution in [-0.2, 0) is 0 Å². The van der Waals surface area contributed by atoms with Gasteiger partial charge in [0, 0.05) is 17.9 Å². The van der Waals surface area contributed by atoms with Gasteiger partial charge in [-0.15, -0.1) is 0 Å². The van der Waals surface area contributed by atoms with Gasteiger partial charge in [0.2, 0.25) is 0 Å². The van der Waals surface area contributed by atoms with Gasteiger partial charge in [0.05, 0.1) is 0 Å². The predicted molar refractivity (Wildman–Crippen MR) is 48.6 cm³/mol. The van der Waals surface area contributed by atoms with Crippen molar-refractivity contribution in [2.75, 3.05) is 18.9 Å². The summed E-state index contributed by atoms with van der Waals surface area (Å²) >= 11 is 3.49. The molecule has 60 valence electrons. The summed E-state index contributed by atoms with van der Waals surface area (Å²) in [6.45, 7) is 3.53. The zero-order valence-corrected chi connectivity index (χ0v) is 8.39. The van der Waals surface area contributed by atoms with Gasteiger partial charge < -0.3 is 4.90 Å². The number of hydrogen-bond donors (Lipinski definition) is 0. The maximum absolute atomic E-state index is 3.49. The lowest BCUT2D eigenvalue weighted by atomic mass is 10.2. The fraction of sp³-hybridized carbons (Fsp3) is 1.00. The lowest BCUT2D eigenvalue weighted by molar-refractivity contribution is 0.289. The summed E-state index contributed by atoms with van der Waals surface area (Å²) in [5.74, 6) is 0.797. The van der Waals surface area contributed by atoms with E-state index in [1.54, 1.807) is 0 Å². The van der Waals surface area contributed by atoms with Crippen molar-refractivity contribution in [3.05, 3.63) is 0 Å². The molecule has 2 heteroatoms. The molecule has 0 N–H and O–H groups in total. The van der Waals surface area contributed by atoms with Crippen molar-refractivity contribution in [3.8, 4) is 0 Å².